The SMILES string of the molecule is CCCC1=Cc2c(ccc(C)c2-c2ccccc2C)[CH]1[Zr]([Cl])([Cl])([CH]1C(CCC)=Cc2c1ccc(C)c2-c1ccccc1C)[SiH](C)C. The summed E-state index contributed by atoms with van der Waals surface area (Å²) >= 11 is -4.84. The molecule has 46 heavy (non-hydrogen) atoms. The van der Waals surface area contributed by atoms with Crippen molar-refractivity contribution in [2.45, 2.75) is 87.6 Å². The summed E-state index contributed by atoms with van der Waals surface area (Å²) in [5.74, 6) is -1.63. The number of hydrogen-bond donors (Lipinski definition) is 0. The monoisotopic (exact) mass is 741 g/mol. The zero-order valence-corrected chi connectivity index (χ0v) is 34.0. The van der Waals surface area contributed by atoms with Gasteiger partial charge in [-0.3, -0.25) is 0 Å². The second-order valence-electron chi connectivity index (χ2n) is 14.3. The Labute approximate surface area is 286 Å². The van der Waals surface area contributed by atoms with Crippen LogP contribution < -0.4 is 0 Å². The van der Waals surface area contributed by atoms with Gasteiger partial charge in [0.25, 0.3) is 0 Å². The minimum absolute atomic E-state index is 0.120. The fraction of sp³-hybridized carbons (Fsp3) is 0.333. The molecule has 4 aromatic carbocycles. The first-order valence-electron chi connectivity index (χ1n) is 17.3. The molecule has 2 unspecified atom stereocenters. The van der Waals surface area contributed by atoms with E-state index in [2.05, 4.69) is 140 Å². The summed E-state index contributed by atoms with van der Waals surface area (Å²) in [4.78, 5) is 0. The summed E-state index contributed by atoms with van der Waals surface area (Å²) in [7, 11) is 17.5. The average Bonchev–Trinajstić information content (AvgIpc) is 3.58. The fourth-order valence-electron chi connectivity index (χ4n) is 8.81. The van der Waals surface area contributed by atoms with Crippen molar-refractivity contribution in [3.8, 4) is 22.3 Å². The predicted octanol–water partition coefficient (Wildman–Crippen LogP) is 13.4. The number of fused-ring (bicyclic) bond motifs is 2. The van der Waals surface area contributed by atoms with E-state index in [-0.39, 0.29) is 7.25 Å². The van der Waals surface area contributed by atoms with E-state index in [9.17, 15) is 0 Å². The number of aryl methyl sites for hydroxylation is 4. The van der Waals surface area contributed by atoms with Crippen LogP contribution in [-0.4, -0.2) is 5.92 Å². The topological polar surface area (TPSA) is 0 Å². The Morgan fingerprint density at radius 1 is 0.565 bits per heavy atom. The molecule has 4 aromatic rings. The molecule has 0 saturated heterocycles. The van der Waals surface area contributed by atoms with Crippen molar-refractivity contribution in [3.05, 3.63) is 128 Å². The molecular weight excluding hydrogens is 695 g/mol. The molecule has 0 saturated carbocycles. The normalized spacial score (nSPS) is 18.2. The van der Waals surface area contributed by atoms with Gasteiger partial charge in [-0.2, -0.15) is 0 Å². The number of allylic oxidation sites excluding steroid dienone is 2. The van der Waals surface area contributed by atoms with Gasteiger partial charge in [-0.1, -0.05) is 0 Å². The zero-order chi connectivity index (χ0) is 33.0. The van der Waals surface area contributed by atoms with Crippen molar-refractivity contribution in [3.63, 3.8) is 0 Å². The van der Waals surface area contributed by atoms with Crippen molar-refractivity contribution in [2.24, 2.45) is 0 Å². The first-order chi connectivity index (χ1) is 21.9. The van der Waals surface area contributed by atoms with Gasteiger partial charge >= 0.3 is 289 Å². The van der Waals surface area contributed by atoms with Crippen LogP contribution in [0.5, 0.6) is 0 Å². The Hall–Kier alpha value is -1.96. The maximum atomic E-state index is 8.75. The molecule has 2 atom stereocenters. The fourth-order valence-corrected chi connectivity index (χ4v) is 40.3. The Bertz CT molecular complexity index is 1770. The minimum atomic E-state index is -4.84. The van der Waals surface area contributed by atoms with Crippen LogP contribution in [0.4, 0.5) is 0 Å². The van der Waals surface area contributed by atoms with Gasteiger partial charge in [0, 0.05) is 0 Å². The molecule has 2 aliphatic rings. The van der Waals surface area contributed by atoms with Gasteiger partial charge in [-0.05, 0) is 0 Å². The molecule has 0 N–H and O–H groups in total. The van der Waals surface area contributed by atoms with Gasteiger partial charge in [0.2, 0.25) is 0 Å². The second-order valence-corrected chi connectivity index (χ2v) is 56.8. The van der Waals surface area contributed by atoms with Gasteiger partial charge < -0.3 is 0 Å². The molecule has 6 rings (SSSR count). The van der Waals surface area contributed by atoms with Crippen molar-refractivity contribution in [1.29, 1.82) is 0 Å². The van der Waals surface area contributed by atoms with Crippen LogP contribution in [0.1, 0.15) is 91.3 Å². The van der Waals surface area contributed by atoms with E-state index < -0.39 is 21.5 Å². The third kappa shape index (κ3) is 5.26. The first kappa shape index (κ1) is 33.9. The third-order valence-electron chi connectivity index (χ3n) is 11.1. The molecule has 0 heterocycles. The summed E-state index contributed by atoms with van der Waals surface area (Å²) in [6.07, 6.45) is 9.29. The van der Waals surface area contributed by atoms with Crippen LogP contribution in [0.3, 0.4) is 0 Å². The molecule has 0 spiro atoms. The van der Waals surface area contributed by atoms with Crippen molar-refractivity contribution < 1.29 is 15.6 Å². The van der Waals surface area contributed by atoms with Crippen molar-refractivity contribution in [1.82, 2.24) is 0 Å². The Morgan fingerprint density at radius 2 is 0.957 bits per heavy atom. The summed E-state index contributed by atoms with van der Waals surface area (Å²) in [5, 5.41) is 0. The number of halogens is 2. The van der Waals surface area contributed by atoms with E-state index in [0.29, 0.717) is 0 Å². The van der Waals surface area contributed by atoms with Gasteiger partial charge in [0.15, 0.2) is 0 Å². The van der Waals surface area contributed by atoms with Crippen LogP contribution >= 0.6 is 17.0 Å². The summed E-state index contributed by atoms with van der Waals surface area (Å²) in [5.41, 5.74) is 19.1. The Kier molecular flexibility index (Phi) is 9.45. The van der Waals surface area contributed by atoms with E-state index in [4.69, 9.17) is 17.0 Å². The quantitative estimate of drug-likeness (QED) is 0.150. The molecule has 0 amide bonds. The molecule has 0 bridgehead atoms. The third-order valence-corrected chi connectivity index (χ3v) is 63.0. The van der Waals surface area contributed by atoms with Crippen LogP contribution in [0.15, 0.2) is 83.9 Å². The Balaban J connectivity index is 1.65. The molecule has 0 aromatic heterocycles. The molecular formula is C42H49Cl2SiZr. The van der Waals surface area contributed by atoms with Gasteiger partial charge in [-0.15, -0.1) is 0 Å². The Morgan fingerprint density at radius 3 is 1.30 bits per heavy atom. The van der Waals surface area contributed by atoms with Crippen LogP contribution in [-0.2, 0) is 15.6 Å². The van der Waals surface area contributed by atoms with E-state index >= 15 is 0 Å². The van der Waals surface area contributed by atoms with Crippen molar-refractivity contribution >= 4 is 35.1 Å². The van der Waals surface area contributed by atoms with Crippen LogP contribution in [0.2, 0.25) is 13.1 Å². The van der Waals surface area contributed by atoms with Gasteiger partial charge in [0.1, 0.15) is 0 Å². The first-order valence-corrected chi connectivity index (χ1v) is 33.6. The van der Waals surface area contributed by atoms with Gasteiger partial charge in [-0.25, -0.2) is 0 Å². The average molecular weight is 744 g/mol. The van der Waals surface area contributed by atoms with Crippen LogP contribution in [0.25, 0.3) is 34.4 Å². The van der Waals surface area contributed by atoms with E-state index in [1.165, 1.54) is 77.9 Å². The molecule has 239 valence electrons. The zero-order valence-electron chi connectivity index (χ0n) is 28.9. The number of hydrogen-bond acceptors (Lipinski definition) is 0. The molecule has 0 fully saturated rings. The summed E-state index contributed by atoms with van der Waals surface area (Å²) in [6.45, 7) is 18.5. The summed E-state index contributed by atoms with van der Waals surface area (Å²) < 4.78 is 0.239. The molecule has 4 heteroatoms. The second kappa shape index (κ2) is 12.8. The standard InChI is InChI=1S/2C20H21.C2H7Si.2ClH.Zr/c2*1-4-7-16-12-17-11-10-15(3)20(19(17)13-16)18-9-6-5-8-14(18)2;1-3-2;;;/h2*5-6,8-13H,4,7H2,1-3H3;3H,1-2H3;2*1H;/q;;;;;+2/p-2. The van der Waals surface area contributed by atoms with E-state index in [0.717, 1.165) is 25.7 Å². The molecule has 0 aliphatic heterocycles. The maximum absolute atomic E-state index is 8.75. The van der Waals surface area contributed by atoms with Crippen LogP contribution in [0, 0.1) is 27.7 Å². The summed E-state index contributed by atoms with van der Waals surface area (Å²) in [6, 6.07) is 27.1. The molecule has 0 nitrogen and oxygen atoms in total. The van der Waals surface area contributed by atoms with E-state index in [1.807, 2.05) is 0 Å². The number of benzene rings is 4. The number of rotatable bonds is 9. The predicted molar refractivity (Wildman–Crippen MR) is 205 cm³/mol. The molecule has 0 radical (unpaired) electrons. The molecule has 2 aliphatic carbocycles. The van der Waals surface area contributed by atoms with E-state index in [1.54, 1.807) is 0 Å². The van der Waals surface area contributed by atoms with Gasteiger partial charge in [0.05, 0.1) is 0 Å². The van der Waals surface area contributed by atoms with Crippen molar-refractivity contribution in [2.75, 3.05) is 0 Å².